The largest absolute Gasteiger partial charge is 0.302 e. The Morgan fingerprint density at radius 1 is 1.24 bits per heavy atom. The van der Waals surface area contributed by atoms with Crippen LogP contribution in [0.3, 0.4) is 0 Å². The third-order valence-electron chi connectivity index (χ3n) is 4.44. The molecule has 0 unspecified atom stereocenters. The van der Waals surface area contributed by atoms with Crippen molar-refractivity contribution < 1.29 is 9.59 Å². The fourth-order valence-electron chi connectivity index (χ4n) is 3.35. The summed E-state index contributed by atoms with van der Waals surface area (Å²) in [6.07, 6.45) is 6.84. The Morgan fingerprint density at radius 2 is 1.95 bits per heavy atom. The number of Topliss-reactive ketones (excluding diaryl/α,β-unsaturated/α-hetero) is 1. The van der Waals surface area contributed by atoms with E-state index in [-0.39, 0.29) is 23.0 Å². The molecule has 0 bridgehead atoms. The highest BCUT2D eigenvalue weighted by atomic mass is 32.1. The summed E-state index contributed by atoms with van der Waals surface area (Å²) in [5.74, 6) is 0.358. The summed E-state index contributed by atoms with van der Waals surface area (Å²) in [6, 6.07) is 0. The Bertz CT molecular complexity index is 571. The first-order valence-corrected chi connectivity index (χ1v) is 8.60. The smallest absolute Gasteiger partial charge is 0.229 e. The minimum absolute atomic E-state index is 0.0250. The lowest BCUT2D eigenvalue weighted by molar-refractivity contribution is -0.120. The van der Waals surface area contributed by atoms with Crippen LogP contribution in [0, 0.1) is 11.3 Å². The predicted molar refractivity (Wildman–Crippen MR) is 83.8 cm³/mol. The number of hydrogen-bond acceptors (Lipinski definition) is 4. The van der Waals surface area contributed by atoms with Gasteiger partial charge >= 0.3 is 0 Å². The summed E-state index contributed by atoms with van der Waals surface area (Å²) < 4.78 is 0. The number of nitrogens with one attached hydrogen (secondary N) is 1. The van der Waals surface area contributed by atoms with Gasteiger partial charge in [0, 0.05) is 12.3 Å². The van der Waals surface area contributed by atoms with Crippen LogP contribution in [0.15, 0.2) is 0 Å². The van der Waals surface area contributed by atoms with Gasteiger partial charge in [0.1, 0.15) is 0 Å². The van der Waals surface area contributed by atoms with Gasteiger partial charge in [0.25, 0.3) is 0 Å². The van der Waals surface area contributed by atoms with Gasteiger partial charge in [-0.1, -0.05) is 44.4 Å². The molecule has 0 spiro atoms. The monoisotopic (exact) mass is 306 g/mol. The van der Waals surface area contributed by atoms with E-state index in [2.05, 4.69) is 24.1 Å². The number of amides is 1. The Balaban J connectivity index is 1.73. The Labute approximate surface area is 129 Å². The summed E-state index contributed by atoms with van der Waals surface area (Å²) in [6.45, 7) is 4.18. The summed E-state index contributed by atoms with van der Waals surface area (Å²) in [5.41, 5.74) is 0.836. The Morgan fingerprint density at radius 3 is 2.67 bits per heavy atom. The second-order valence-corrected chi connectivity index (χ2v) is 8.06. The summed E-state index contributed by atoms with van der Waals surface area (Å²) in [7, 11) is 0. The molecule has 1 heterocycles. The van der Waals surface area contributed by atoms with E-state index in [4.69, 9.17) is 0 Å². The lowest BCUT2D eigenvalue weighted by Crippen LogP contribution is -2.26. The highest BCUT2D eigenvalue weighted by Gasteiger charge is 2.34. The average Bonchev–Trinajstić information content (AvgIpc) is 2.81. The highest BCUT2D eigenvalue weighted by molar-refractivity contribution is 7.17. The Kier molecular flexibility index (Phi) is 3.86. The van der Waals surface area contributed by atoms with Crippen molar-refractivity contribution >= 4 is 28.2 Å². The van der Waals surface area contributed by atoms with Crippen molar-refractivity contribution in [2.45, 2.75) is 58.8 Å². The minimum Gasteiger partial charge on any atom is -0.302 e. The normalized spacial score (nSPS) is 21.9. The second kappa shape index (κ2) is 5.52. The number of rotatable bonds is 2. The number of hydrogen-bond donors (Lipinski definition) is 1. The number of aromatic nitrogens is 1. The molecule has 3 rings (SSSR count). The van der Waals surface area contributed by atoms with Crippen molar-refractivity contribution in [2.75, 3.05) is 5.32 Å². The van der Waals surface area contributed by atoms with E-state index in [9.17, 15) is 9.59 Å². The van der Waals surface area contributed by atoms with E-state index >= 15 is 0 Å². The molecule has 5 heteroatoms. The standard InChI is InChI=1S/C16H22N2O2S/c1-16(2)8-11-13(12(19)9-16)21-15(17-11)18-14(20)10-6-4-3-5-7-10/h10H,3-9H2,1-2H3,(H,17,18,20). The van der Waals surface area contributed by atoms with E-state index in [1.165, 1.54) is 17.8 Å². The Hall–Kier alpha value is -1.23. The maximum atomic E-state index is 12.3. The predicted octanol–water partition coefficient (Wildman–Crippen LogP) is 3.82. The van der Waals surface area contributed by atoms with Gasteiger partial charge in [-0.2, -0.15) is 0 Å². The summed E-state index contributed by atoms with van der Waals surface area (Å²) in [5, 5.41) is 3.53. The number of thiazole rings is 1. The van der Waals surface area contributed by atoms with Gasteiger partial charge in [0.05, 0.1) is 10.6 Å². The van der Waals surface area contributed by atoms with Gasteiger partial charge in [0.15, 0.2) is 10.9 Å². The van der Waals surface area contributed by atoms with Crippen molar-refractivity contribution in [3.05, 3.63) is 10.6 Å². The molecule has 1 fully saturated rings. The zero-order chi connectivity index (χ0) is 15.0. The highest BCUT2D eigenvalue weighted by Crippen LogP contribution is 2.38. The van der Waals surface area contributed by atoms with Crippen LogP contribution in [0.2, 0.25) is 0 Å². The van der Waals surface area contributed by atoms with Crippen LogP contribution in [-0.4, -0.2) is 16.7 Å². The lowest BCUT2D eigenvalue weighted by atomic mass is 9.78. The topological polar surface area (TPSA) is 59.1 Å². The molecule has 1 aromatic rings. The van der Waals surface area contributed by atoms with Gasteiger partial charge in [-0.05, 0) is 24.7 Å². The molecule has 4 nitrogen and oxygen atoms in total. The third-order valence-corrected chi connectivity index (χ3v) is 5.50. The lowest BCUT2D eigenvalue weighted by Gasteiger charge is -2.26. The number of fused-ring (bicyclic) bond motifs is 1. The number of ketones is 1. The summed E-state index contributed by atoms with van der Waals surface area (Å²) >= 11 is 1.34. The van der Waals surface area contributed by atoms with Gasteiger partial charge in [-0.3, -0.25) is 9.59 Å². The maximum Gasteiger partial charge on any atom is 0.229 e. The van der Waals surface area contributed by atoms with E-state index in [1.807, 2.05) is 0 Å². The fraction of sp³-hybridized carbons (Fsp3) is 0.688. The van der Waals surface area contributed by atoms with Crippen molar-refractivity contribution in [1.82, 2.24) is 4.98 Å². The zero-order valence-corrected chi connectivity index (χ0v) is 13.5. The first kappa shape index (κ1) is 14.7. The first-order valence-electron chi connectivity index (χ1n) is 7.78. The van der Waals surface area contributed by atoms with Crippen LogP contribution >= 0.6 is 11.3 Å². The van der Waals surface area contributed by atoms with Gasteiger partial charge in [-0.25, -0.2) is 4.98 Å². The van der Waals surface area contributed by atoms with Crippen LogP contribution in [0.5, 0.6) is 0 Å². The van der Waals surface area contributed by atoms with E-state index in [0.717, 1.165) is 42.7 Å². The zero-order valence-electron chi connectivity index (χ0n) is 12.7. The quantitative estimate of drug-likeness (QED) is 0.903. The molecule has 0 saturated heterocycles. The molecule has 2 aliphatic carbocycles. The molecule has 1 amide bonds. The van der Waals surface area contributed by atoms with Crippen molar-refractivity contribution in [3.63, 3.8) is 0 Å². The number of carbonyl (C=O) groups is 2. The molecule has 0 aromatic carbocycles. The molecule has 114 valence electrons. The molecular weight excluding hydrogens is 284 g/mol. The van der Waals surface area contributed by atoms with Crippen LogP contribution in [0.1, 0.15) is 67.7 Å². The third kappa shape index (κ3) is 3.18. The van der Waals surface area contributed by atoms with E-state index in [1.54, 1.807) is 0 Å². The van der Waals surface area contributed by atoms with Crippen molar-refractivity contribution in [2.24, 2.45) is 11.3 Å². The van der Waals surface area contributed by atoms with Crippen LogP contribution < -0.4 is 5.32 Å². The molecule has 0 aliphatic heterocycles. The molecule has 21 heavy (non-hydrogen) atoms. The fourth-order valence-corrected chi connectivity index (χ4v) is 4.27. The average molecular weight is 306 g/mol. The van der Waals surface area contributed by atoms with Crippen LogP contribution in [0.25, 0.3) is 0 Å². The number of anilines is 1. The minimum atomic E-state index is -0.0250. The van der Waals surface area contributed by atoms with Crippen LogP contribution in [-0.2, 0) is 11.2 Å². The molecule has 1 N–H and O–H groups in total. The van der Waals surface area contributed by atoms with Crippen molar-refractivity contribution in [1.29, 1.82) is 0 Å². The molecular formula is C16H22N2O2S. The van der Waals surface area contributed by atoms with Crippen LogP contribution in [0.4, 0.5) is 5.13 Å². The first-order chi connectivity index (χ1) is 9.94. The molecule has 2 aliphatic rings. The van der Waals surface area contributed by atoms with Gasteiger partial charge in [0.2, 0.25) is 5.91 Å². The number of nitrogens with zero attached hydrogens (tertiary/aromatic N) is 1. The van der Waals surface area contributed by atoms with E-state index < -0.39 is 0 Å². The molecule has 0 atom stereocenters. The summed E-state index contributed by atoms with van der Waals surface area (Å²) in [4.78, 5) is 29.7. The molecule has 0 radical (unpaired) electrons. The number of carbonyl (C=O) groups excluding carboxylic acids is 2. The molecule has 1 saturated carbocycles. The van der Waals surface area contributed by atoms with Gasteiger partial charge < -0.3 is 5.32 Å². The van der Waals surface area contributed by atoms with Crippen molar-refractivity contribution in [3.8, 4) is 0 Å². The maximum absolute atomic E-state index is 12.3. The second-order valence-electron chi connectivity index (χ2n) is 7.06. The SMILES string of the molecule is CC1(C)CC(=O)c2sc(NC(=O)C3CCCCC3)nc2C1. The molecule has 1 aromatic heterocycles. The van der Waals surface area contributed by atoms with E-state index in [0.29, 0.717) is 11.6 Å². The van der Waals surface area contributed by atoms with Gasteiger partial charge in [-0.15, -0.1) is 0 Å².